The Morgan fingerprint density at radius 3 is 2.41 bits per heavy atom. The summed E-state index contributed by atoms with van der Waals surface area (Å²) >= 11 is 6.08. The highest BCUT2D eigenvalue weighted by Crippen LogP contribution is 2.25. The molecule has 0 saturated heterocycles. The minimum Gasteiger partial charge on any atom is -0.334 e. The van der Waals surface area contributed by atoms with Crippen molar-refractivity contribution in [3.05, 3.63) is 59.1 Å². The van der Waals surface area contributed by atoms with E-state index in [4.69, 9.17) is 11.6 Å². The largest absolute Gasteiger partial charge is 0.334 e. The predicted octanol–water partition coefficient (Wildman–Crippen LogP) is 3.62. The van der Waals surface area contributed by atoms with Crippen molar-refractivity contribution in [3.8, 4) is 0 Å². The lowest BCUT2D eigenvalue weighted by Crippen LogP contribution is -2.28. The van der Waals surface area contributed by atoms with Gasteiger partial charge in [0.1, 0.15) is 0 Å². The number of carbonyl (C=O) groups is 2. The molecule has 0 unspecified atom stereocenters. The number of halogens is 1. The fourth-order valence-electron chi connectivity index (χ4n) is 1.84. The third-order valence-corrected chi connectivity index (χ3v) is 3.15. The van der Waals surface area contributed by atoms with Crippen molar-refractivity contribution in [1.29, 1.82) is 0 Å². The van der Waals surface area contributed by atoms with Crippen molar-refractivity contribution in [2.24, 2.45) is 0 Å². The highest BCUT2D eigenvalue weighted by atomic mass is 35.5. The van der Waals surface area contributed by atoms with E-state index in [2.05, 4.69) is 16.0 Å². The van der Waals surface area contributed by atoms with Gasteiger partial charge in [0.05, 0.1) is 10.7 Å². The summed E-state index contributed by atoms with van der Waals surface area (Å²) in [7, 11) is 0. The van der Waals surface area contributed by atoms with Gasteiger partial charge >= 0.3 is 6.03 Å². The molecule has 0 fully saturated rings. The second kappa shape index (κ2) is 7.47. The summed E-state index contributed by atoms with van der Waals surface area (Å²) in [6.07, 6.45) is 0. The number of hydrogen-bond acceptors (Lipinski definition) is 2. The van der Waals surface area contributed by atoms with Crippen molar-refractivity contribution in [3.63, 3.8) is 0 Å². The summed E-state index contributed by atoms with van der Waals surface area (Å²) in [6, 6.07) is 14.1. The average molecular weight is 318 g/mol. The first-order chi connectivity index (χ1) is 10.5. The van der Waals surface area contributed by atoms with Crippen LogP contribution in [0.3, 0.4) is 0 Å². The van der Waals surface area contributed by atoms with E-state index in [0.717, 1.165) is 5.56 Å². The van der Waals surface area contributed by atoms with Crippen LogP contribution in [0.25, 0.3) is 0 Å². The van der Waals surface area contributed by atoms with E-state index in [1.807, 2.05) is 30.3 Å². The maximum atomic E-state index is 11.9. The van der Waals surface area contributed by atoms with Gasteiger partial charge in [-0.15, -0.1) is 0 Å². The van der Waals surface area contributed by atoms with Crippen LogP contribution in [0.1, 0.15) is 12.5 Å². The molecule has 0 radical (unpaired) electrons. The quantitative estimate of drug-likeness (QED) is 0.806. The zero-order valence-electron chi connectivity index (χ0n) is 12.0. The first kappa shape index (κ1) is 15.9. The molecule has 3 amide bonds. The lowest BCUT2D eigenvalue weighted by atomic mass is 10.2. The SMILES string of the molecule is CC(=O)Nc1ccc(NC(=O)NCc2ccccc2)c(Cl)c1. The smallest absolute Gasteiger partial charge is 0.319 e. The number of carbonyl (C=O) groups excluding carboxylic acids is 2. The molecule has 0 heterocycles. The molecular weight excluding hydrogens is 302 g/mol. The molecule has 0 aromatic heterocycles. The third kappa shape index (κ3) is 4.79. The van der Waals surface area contributed by atoms with Gasteiger partial charge < -0.3 is 16.0 Å². The van der Waals surface area contributed by atoms with E-state index >= 15 is 0 Å². The third-order valence-electron chi connectivity index (χ3n) is 2.83. The summed E-state index contributed by atoms with van der Waals surface area (Å²) in [4.78, 5) is 22.8. The molecule has 2 aromatic carbocycles. The number of amides is 3. The number of benzene rings is 2. The molecule has 0 atom stereocenters. The summed E-state index contributed by atoms with van der Waals surface area (Å²) in [6.45, 7) is 1.84. The number of hydrogen-bond donors (Lipinski definition) is 3. The van der Waals surface area contributed by atoms with Gasteiger partial charge in [0, 0.05) is 19.2 Å². The number of nitrogens with one attached hydrogen (secondary N) is 3. The fourth-order valence-corrected chi connectivity index (χ4v) is 2.07. The van der Waals surface area contributed by atoms with E-state index in [1.54, 1.807) is 18.2 Å². The van der Waals surface area contributed by atoms with Crippen LogP contribution in [-0.2, 0) is 11.3 Å². The van der Waals surface area contributed by atoms with Crippen molar-refractivity contribution in [2.75, 3.05) is 10.6 Å². The average Bonchev–Trinajstić information content (AvgIpc) is 2.48. The molecule has 22 heavy (non-hydrogen) atoms. The Morgan fingerprint density at radius 1 is 1.05 bits per heavy atom. The normalized spacial score (nSPS) is 9.91. The second-order valence-corrected chi connectivity index (χ2v) is 5.08. The van der Waals surface area contributed by atoms with E-state index in [1.165, 1.54) is 6.92 Å². The lowest BCUT2D eigenvalue weighted by molar-refractivity contribution is -0.114. The van der Waals surface area contributed by atoms with Crippen LogP contribution in [-0.4, -0.2) is 11.9 Å². The van der Waals surface area contributed by atoms with Gasteiger partial charge in [-0.3, -0.25) is 4.79 Å². The number of urea groups is 1. The molecule has 0 saturated carbocycles. The van der Waals surface area contributed by atoms with E-state index in [0.29, 0.717) is 22.9 Å². The Kier molecular flexibility index (Phi) is 5.38. The molecule has 2 rings (SSSR count). The Bertz CT molecular complexity index is 674. The molecule has 5 nitrogen and oxygen atoms in total. The Morgan fingerprint density at radius 2 is 1.77 bits per heavy atom. The standard InChI is InChI=1S/C16H16ClN3O2/c1-11(21)19-13-7-8-15(14(17)9-13)20-16(22)18-10-12-5-3-2-4-6-12/h2-9H,10H2,1H3,(H,19,21)(H2,18,20,22). The first-order valence-electron chi connectivity index (χ1n) is 6.70. The fraction of sp³-hybridized carbons (Fsp3) is 0.125. The van der Waals surface area contributed by atoms with Crippen molar-refractivity contribution in [2.45, 2.75) is 13.5 Å². The van der Waals surface area contributed by atoms with Crippen LogP contribution in [0.5, 0.6) is 0 Å². The zero-order chi connectivity index (χ0) is 15.9. The van der Waals surface area contributed by atoms with Gasteiger partial charge in [0.15, 0.2) is 0 Å². The molecule has 2 aromatic rings. The molecular formula is C16H16ClN3O2. The zero-order valence-corrected chi connectivity index (χ0v) is 12.8. The van der Waals surface area contributed by atoms with Crippen LogP contribution in [0, 0.1) is 0 Å². The lowest BCUT2D eigenvalue weighted by Gasteiger charge is -2.10. The highest BCUT2D eigenvalue weighted by Gasteiger charge is 2.07. The molecule has 114 valence electrons. The first-order valence-corrected chi connectivity index (χ1v) is 7.08. The summed E-state index contributed by atoms with van der Waals surface area (Å²) in [5, 5.41) is 8.38. The molecule has 6 heteroatoms. The van der Waals surface area contributed by atoms with Crippen LogP contribution >= 0.6 is 11.6 Å². The van der Waals surface area contributed by atoms with Gasteiger partial charge in [0.2, 0.25) is 5.91 Å². The molecule has 0 aliphatic rings. The van der Waals surface area contributed by atoms with Gasteiger partial charge in [-0.2, -0.15) is 0 Å². The molecule has 0 bridgehead atoms. The van der Waals surface area contributed by atoms with E-state index < -0.39 is 0 Å². The van der Waals surface area contributed by atoms with Gasteiger partial charge in [-0.25, -0.2) is 4.79 Å². The number of rotatable bonds is 4. The van der Waals surface area contributed by atoms with E-state index in [-0.39, 0.29) is 11.9 Å². The van der Waals surface area contributed by atoms with Gasteiger partial charge in [0.25, 0.3) is 0 Å². The van der Waals surface area contributed by atoms with Crippen molar-refractivity contribution >= 4 is 34.9 Å². The molecule has 3 N–H and O–H groups in total. The minimum absolute atomic E-state index is 0.183. The van der Waals surface area contributed by atoms with Crippen LogP contribution < -0.4 is 16.0 Å². The Hall–Kier alpha value is -2.53. The topological polar surface area (TPSA) is 70.2 Å². The maximum Gasteiger partial charge on any atom is 0.319 e. The van der Waals surface area contributed by atoms with Crippen molar-refractivity contribution < 1.29 is 9.59 Å². The second-order valence-electron chi connectivity index (χ2n) is 4.67. The maximum absolute atomic E-state index is 11.9. The van der Waals surface area contributed by atoms with E-state index in [9.17, 15) is 9.59 Å². The van der Waals surface area contributed by atoms with Gasteiger partial charge in [-0.05, 0) is 23.8 Å². The van der Waals surface area contributed by atoms with Crippen molar-refractivity contribution in [1.82, 2.24) is 5.32 Å². The molecule has 0 spiro atoms. The highest BCUT2D eigenvalue weighted by molar-refractivity contribution is 6.34. The van der Waals surface area contributed by atoms with Crippen LogP contribution in [0.15, 0.2) is 48.5 Å². The van der Waals surface area contributed by atoms with Crippen LogP contribution in [0.4, 0.5) is 16.2 Å². The molecule has 0 aliphatic heterocycles. The monoisotopic (exact) mass is 317 g/mol. The Balaban J connectivity index is 1.92. The van der Waals surface area contributed by atoms with Gasteiger partial charge in [-0.1, -0.05) is 41.9 Å². The summed E-state index contributed by atoms with van der Waals surface area (Å²) < 4.78 is 0. The minimum atomic E-state index is -0.349. The Labute approximate surface area is 133 Å². The number of anilines is 2. The predicted molar refractivity (Wildman–Crippen MR) is 88.1 cm³/mol. The summed E-state index contributed by atoms with van der Waals surface area (Å²) in [5.41, 5.74) is 2.05. The molecule has 0 aliphatic carbocycles. The van der Waals surface area contributed by atoms with Crippen LogP contribution in [0.2, 0.25) is 5.02 Å². The summed E-state index contributed by atoms with van der Waals surface area (Å²) in [5.74, 6) is -0.183.